The molecule has 1 fully saturated rings. The second-order valence-electron chi connectivity index (χ2n) is 4.72. The molecule has 0 bridgehead atoms. The highest BCUT2D eigenvalue weighted by atomic mass is 16.7. The largest absolute Gasteiger partial charge is 0.466 e. The van der Waals surface area contributed by atoms with Crippen LogP contribution >= 0.6 is 0 Å². The van der Waals surface area contributed by atoms with Gasteiger partial charge in [-0.3, -0.25) is 4.79 Å². The highest BCUT2D eigenvalue weighted by Gasteiger charge is 2.24. The number of carbonyl (C=O) groups excluding carboxylic acids is 1. The van der Waals surface area contributed by atoms with Gasteiger partial charge in [-0.2, -0.15) is 0 Å². The van der Waals surface area contributed by atoms with Crippen molar-refractivity contribution in [3.63, 3.8) is 0 Å². The number of hydrogen-bond acceptors (Lipinski definition) is 4. The lowest BCUT2D eigenvalue weighted by Crippen LogP contribution is -2.32. The zero-order valence-corrected chi connectivity index (χ0v) is 11.1. The number of carbonyl (C=O) groups is 1. The minimum absolute atomic E-state index is 0.114. The van der Waals surface area contributed by atoms with E-state index in [4.69, 9.17) is 14.2 Å². The summed E-state index contributed by atoms with van der Waals surface area (Å²) >= 11 is 0. The first kappa shape index (κ1) is 14.5. The zero-order valence-electron chi connectivity index (χ0n) is 11.1. The number of hydrogen-bond donors (Lipinski definition) is 0. The second-order valence-corrected chi connectivity index (χ2v) is 4.72. The lowest BCUT2D eigenvalue weighted by molar-refractivity contribution is -0.200. The van der Waals surface area contributed by atoms with Crippen molar-refractivity contribution in [3.05, 3.63) is 0 Å². The van der Waals surface area contributed by atoms with Gasteiger partial charge in [0.25, 0.3) is 0 Å². The molecule has 0 aromatic heterocycles. The van der Waals surface area contributed by atoms with E-state index in [9.17, 15) is 4.79 Å². The van der Waals surface area contributed by atoms with Crippen molar-refractivity contribution < 1.29 is 19.0 Å². The van der Waals surface area contributed by atoms with Crippen LogP contribution in [-0.2, 0) is 19.0 Å². The van der Waals surface area contributed by atoms with Gasteiger partial charge >= 0.3 is 5.97 Å². The molecule has 1 aliphatic rings. The van der Waals surface area contributed by atoms with Crippen LogP contribution in [0, 0.1) is 5.92 Å². The van der Waals surface area contributed by atoms with E-state index < -0.39 is 0 Å². The maximum absolute atomic E-state index is 11.5. The van der Waals surface area contributed by atoms with Gasteiger partial charge < -0.3 is 14.2 Å². The zero-order chi connectivity index (χ0) is 12.7. The van der Waals surface area contributed by atoms with Crippen molar-refractivity contribution in [3.8, 4) is 0 Å². The van der Waals surface area contributed by atoms with Crippen molar-refractivity contribution >= 4 is 5.97 Å². The van der Waals surface area contributed by atoms with Crippen molar-refractivity contribution in [1.29, 1.82) is 0 Å². The molecular formula is C13H24O4. The average Bonchev–Trinajstić information content (AvgIpc) is 2.29. The molecule has 1 aliphatic heterocycles. The van der Waals surface area contributed by atoms with Crippen molar-refractivity contribution in [2.24, 2.45) is 5.92 Å². The van der Waals surface area contributed by atoms with E-state index in [0.29, 0.717) is 13.0 Å². The Hall–Kier alpha value is -0.610. The van der Waals surface area contributed by atoms with Crippen LogP contribution in [0.25, 0.3) is 0 Å². The highest BCUT2D eigenvalue weighted by molar-refractivity contribution is 5.69. The maximum atomic E-state index is 11.5. The van der Waals surface area contributed by atoms with E-state index in [-0.39, 0.29) is 24.3 Å². The molecular weight excluding hydrogens is 220 g/mol. The highest BCUT2D eigenvalue weighted by Crippen LogP contribution is 2.20. The summed E-state index contributed by atoms with van der Waals surface area (Å²) in [6.07, 6.45) is 3.21. The summed E-state index contributed by atoms with van der Waals surface area (Å²) < 4.78 is 16.3. The fourth-order valence-corrected chi connectivity index (χ4v) is 1.84. The van der Waals surface area contributed by atoms with Crippen LogP contribution in [0.3, 0.4) is 0 Å². The summed E-state index contributed by atoms with van der Waals surface area (Å²) in [6.45, 7) is 7.09. The van der Waals surface area contributed by atoms with Gasteiger partial charge in [-0.05, 0) is 32.1 Å². The summed E-state index contributed by atoms with van der Waals surface area (Å²) in [5, 5.41) is 0. The minimum Gasteiger partial charge on any atom is -0.466 e. The molecule has 1 rings (SSSR count). The number of ether oxygens (including phenoxy) is 3. The molecule has 0 aliphatic carbocycles. The van der Waals surface area contributed by atoms with Gasteiger partial charge in [-0.25, -0.2) is 0 Å². The molecule has 0 spiro atoms. The molecule has 0 amide bonds. The Bertz CT molecular complexity index is 221. The summed E-state index contributed by atoms with van der Waals surface area (Å²) in [7, 11) is 0. The van der Waals surface area contributed by atoms with Crippen molar-refractivity contribution in [2.45, 2.75) is 58.8 Å². The molecule has 2 atom stereocenters. The lowest BCUT2D eigenvalue weighted by atomic mass is 10.0. The van der Waals surface area contributed by atoms with Gasteiger partial charge in [0.2, 0.25) is 0 Å². The van der Waals surface area contributed by atoms with Gasteiger partial charge in [0.05, 0.1) is 19.1 Å². The van der Waals surface area contributed by atoms with Gasteiger partial charge in [0, 0.05) is 6.61 Å². The molecule has 0 aromatic carbocycles. The monoisotopic (exact) mass is 244 g/mol. The molecule has 1 saturated heterocycles. The summed E-state index contributed by atoms with van der Waals surface area (Å²) in [4.78, 5) is 11.5. The Morgan fingerprint density at radius 3 is 2.71 bits per heavy atom. The van der Waals surface area contributed by atoms with Crippen molar-refractivity contribution in [1.82, 2.24) is 0 Å². The third kappa shape index (κ3) is 5.50. The predicted molar refractivity (Wildman–Crippen MR) is 64.6 cm³/mol. The molecule has 4 nitrogen and oxygen atoms in total. The fraction of sp³-hybridized carbons (Fsp3) is 0.923. The molecule has 0 N–H and O–H groups in total. The van der Waals surface area contributed by atoms with Crippen LogP contribution < -0.4 is 0 Å². The second kappa shape index (κ2) is 7.67. The molecule has 17 heavy (non-hydrogen) atoms. The molecule has 0 saturated carbocycles. The Morgan fingerprint density at radius 2 is 2.18 bits per heavy atom. The average molecular weight is 244 g/mol. The molecule has 0 aromatic rings. The quantitative estimate of drug-likeness (QED) is 0.673. The molecule has 0 radical (unpaired) electrons. The third-order valence-electron chi connectivity index (χ3n) is 2.88. The van der Waals surface area contributed by atoms with Crippen LogP contribution in [0.2, 0.25) is 0 Å². The molecule has 100 valence electrons. The predicted octanol–water partition coefficient (Wildman–Crippen LogP) is 2.51. The maximum Gasteiger partial charge on any atom is 0.308 e. The topological polar surface area (TPSA) is 44.8 Å². The van der Waals surface area contributed by atoms with E-state index in [1.807, 2.05) is 20.8 Å². The van der Waals surface area contributed by atoms with E-state index >= 15 is 0 Å². The van der Waals surface area contributed by atoms with Gasteiger partial charge in [-0.1, -0.05) is 13.8 Å². The van der Waals surface area contributed by atoms with Crippen LogP contribution in [-0.4, -0.2) is 31.6 Å². The lowest BCUT2D eigenvalue weighted by Gasteiger charge is -2.29. The SMILES string of the molecule is CCOC(=O)C[C@H](OC1CCCCO1)C(C)C. The normalized spacial score (nSPS) is 22.5. The van der Waals surface area contributed by atoms with Gasteiger partial charge in [-0.15, -0.1) is 0 Å². The van der Waals surface area contributed by atoms with Crippen molar-refractivity contribution in [2.75, 3.05) is 13.2 Å². The van der Waals surface area contributed by atoms with E-state index in [2.05, 4.69) is 0 Å². The molecule has 1 unspecified atom stereocenters. The Balaban J connectivity index is 2.39. The van der Waals surface area contributed by atoms with Crippen LogP contribution in [0.4, 0.5) is 0 Å². The van der Waals surface area contributed by atoms with E-state index in [0.717, 1.165) is 25.9 Å². The fourth-order valence-electron chi connectivity index (χ4n) is 1.84. The van der Waals surface area contributed by atoms with Crippen LogP contribution in [0.5, 0.6) is 0 Å². The minimum atomic E-state index is -0.193. The van der Waals surface area contributed by atoms with E-state index in [1.54, 1.807) is 0 Å². The van der Waals surface area contributed by atoms with Gasteiger partial charge in [0.1, 0.15) is 0 Å². The Kier molecular flexibility index (Phi) is 6.52. The van der Waals surface area contributed by atoms with E-state index in [1.165, 1.54) is 0 Å². The summed E-state index contributed by atoms with van der Waals surface area (Å²) in [5.41, 5.74) is 0. The smallest absolute Gasteiger partial charge is 0.308 e. The Labute approximate surface area is 104 Å². The Morgan fingerprint density at radius 1 is 1.41 bits per heavy atom. The molecule has 1 heterocycles. The standard InChI is InChI=1S/C13H24O4/c1-4-15-12(14)9-11(10(2)3)17-13-7-5-6-8-16-13/h10-11,13H,4-9H2,1-3H3/t11-,13?/m0/s1. The van der Waals surface area contributed by atoms with Crippen LogP contribution in [0.15, 0.2) is 0 Å². The number of rotatable bonds is 6. The molecule has 4 heteroatoms. The van der Waals surface area contributed by atoms with Gasteiger partial charge in [0.15, 0.2) is 6.29 Å². The first-order valence-electron chi connectivity index (χ1n) is 6.56. The summed E-state index contributed by atoms with van der Waals surface area (Å²) in [5.74, 6) is 0.0898. The first-order valence-corrected chi connectivity index (χ1v) is 6.56. The number of esters is 1. The van der Waals surface area contributed by atoms with Crippen LogP contribution in [0.1, 0.15) is 46.5 Å². The summed E-state index contributed by atoms with van der Waals surface area (Å²) in [6, 6.07) is 0. The third-order valence-corrected chi connectivity index (χ3v) is 2.88. The first-order chi connectivity index (χ1) is 8.13.